The van der Waals surface area contributed by atoms with Crippen molar-refractivity contribution in [1.82, 2.24) is 9.66 Å². The van der Waals surface area contributed by atoms with E-state index in [-0.39, 0.29) is 5.82 Å². The first-order valence-electron chi connectivity index (χ1n) is 5.92. The molecule has 5 heteroatoms. The van der Waals surface area contributed by atoms with Gasteiger partial charge in [-0.05, 0) is 30.2 Å². The molecule has 1 aliphatic rings. The molecule has 0 amide bonds. The predicted molar refractivity (Wildman–Crippen MR) is 71.5 cm³/mol. The van der Waals surface area contributed by atoms with Crippen LogP contribution < -0.4 is 5.43 Å². The summed E-state index contributed by atoms with van der Waals surface area (Å²) in [5.41, 5.74) is 5.18. The van der Waals surface area contributed by atoms with E-state index in [4.69, 9.17) is 0 Å². The lowest BCUT2D eigenvalue weighted by atomic mass is 10.2. The summed E-state index contributed by atoms with van der Waals surface area (Å²) in [6, 6.07) is 6.41. The normalized spacial score (nSPS) is 17.9. The van der Waals surface area contributed by atoms with Gasteiger partial charge in [-0.1, -0.05) is 25.6 Å². The molecule has 3 rings (SSSR count). The van der Waals surface area contributed by atoms with Crippen LogP contribution in [0.25, 0.3) is 11.3 Å². The monoisotopic (exact) mass is 263 g/mol. The Morgan fingerprint density at radius 3 is 2.67 bits per heavy atom. The Morgan fingerprint density at radius 2 is 2.06 bits per heavy atom. The first kappa shape index (κ1) is 11.6. The Morgan fingerprint density at radius 1 is 1.33 bits per heavy atom. The van der Waals surface area contributed by atoms with Crippen LogP contribution in [0.4, 0.5) is 4.39 Å². The SMILES string of the molecule is CC(C)C1Nn2cc(-c3ccc(F)cc3)nc2S1. The van der Waals surface area contributed by atoms with Crippen LogP contribution in [0.2, 0.25) is 0 Å². The highest BCUT2D eigenvalue weighted by atomic mass is 32.2. The quantitative estimate of drug-likeness (QED) is 0.901. The molecule has 0 saturated carbocycles. The molecule has 3 nitrogen and oxygen atoms in total. The summed E-state index contributed by atoms with van der Waals surface area (Å²) in [4.78, 5) is 4.56. The molecule has 0 fully saturated rings. The summed E-state index contributed by atoms with van der Waals surface area (Å²) < 4.78 is 14.8. The number of rotatable bonds is 2. The smallest absolute Gasteiger partial charge is 0.189 e. The van der Waals surface area contributed by atoms with Crippen LogP contribution in [0.3, 0.4) is 0 Å². The van der Waals surface area contributed by atoms with Crippen molar-refractivity contribution in [2.24, 2.45) is 5.92 Å². The zero-order valence-electron chi connectivity index (χ0n) is 10.2. The largest absolute Gasteiger partial charge is 0.310 e. The number of halogens is 1. The average molecular weight is 263 g/mol. The molecule has 1 N–H and O–H groups in total. The van der Waals surface area contributed by atoms with Crippen molar-refractivity contribution >= 4 is 11.8 Å². The van der Waals surface area contributed by atoms with Gasteiger partial charge in [0, 0.05) is 5.56 Å². The number of thioether (sulfide) groups is 1. The molecule has 1 unspecified atom stereocenters. The van der Waals surface area contributed by atoms with Crippen molar-refractivity contribution in [3.63, 3.8) is 0 Å². The van der Waals surface area contributed by atoms with Gasteiger partial charge in [0.15, 0.2) is 5.16 Å². The Bertz CT molecular complexity index is 539. The molecule has 2 aromatic rings. The van der Waals surface area contributed by atoms with E-state index in [0.717, 1.165) is 16.4 Å². The highest BCUT2D eigenvalue weighted by Gasteiger charge is 2.26. The Labute approximate surface area is 109 Å². The van der Waals surface area contributed by atoms with Crippen molar-refractivity contribution < 1.29 is 4.39 Å². The van der Waals surface area contributed by atoms with Gasteiger partial charge in [-0.25, -0.2) is 14.1 Å². The molecule has 94 valence electrons. The van der Waals surface area contributed by atoms with E-state index in [2.05, 4.69) is 24.3 Å². The molecular weight excluding hydrogens is 249 g/mol. The highest BCUT2D eigenvalue weighted by molar-refractivity contribution is 8.00. The molecule has 1 aromatic carbocycles. The van der Waals surface area contributed by atoms with Crippen LogP contribution in [-0.2, 0) is 0 Å². The Hall–Kier alpha value is -1.49. The zero-order valence-corrected chi connectivity index (χ0v) is 11.0. The Balaban J connectivity index is 1.86. The van der Waals surface area contributed by atoms with Gasteiger partial charge in [0.25, 0.3) is 0 Å². The summed E-state index contributed by atoms with van der Waals surface area (Å²) >= 11 is 1.73. The second-order valence-electron chi connectivity index (χ2n) is 4.70. The second-order valence-corrected chi connectivity index (χ2v) is 5.81. The molecule has 0 saturated heterocycles. The number of fused-ring (bicyclic) bond motifs is 1. The van der Waals surface area contributed by atoms with E-state index in [0.29, 0.717) is 11.3 Å². The number of hydrogen-bond donors (Lipinski definition) is 1. The molecular formula is C13H14FN3S. The third kappa shape index (κ3) is 1.99. The molecule has 1 aromatic heterocycles. The van der Waals surface area contributed by atoms with Crippen molar-refractivity contribution in [2.45, 2.75) is 24.4 Å². The molecule has 0 bridgehead atoms. The van der Waals surface area contributed by atoms with Gasteiger partial charge in [-0.3, -0.25) is 0 Å². The number of benzene rings is 1. The lowest BCUT2D eigenvalue weighted by molar-refractivity contribution is 0.611. The number of nitrogens with zero attached hydrogens (tertiary/aromatic N) is 2. The summed E-state index contributed by atoms with van der Waals surface area (Å²) in [6.07, 6.45) is 1.96. The van der Waals surface area contributed by atoms with Gasteiger partial charge in [-0.15, -0.1) is 0 Å². The van der Waals surface area contributed by atoms with Crippen LogP contribution in [0.15, 0.2) is 35.6 Å². The summed E-state index contributed by atoms with van der Waals surface area (Å²) in [6.45, 7) is 4.36. The van der Waals surface area contributed by atoms with Gasteiger partial charge < -0.3 is 5.43 Å². The van der Waals surface area contributed by atoms with E-state index >= 15 is 0 Å². The van der Waals surface area contributed by atoms with E-state index in [9.17, 15) is 4.39 Å². The number of hydrogen-bond acceptors (Lipinski definition) is 3. The van der Waals surface area contributed by atoms with Crippen molar-refractivity contribution in [2.75, 3.05) is 5.43 Å². The minimum atomic E-state index is -0.224. The van der Waals surface area contributed by atoms with Crippen molar-refractivity contribution in [1.29, 1.82) is 0 Å². The predicted octanol–water partition coefficient (Wildman–Crippen LogP) is 3.32. The maximum atomic E-state index is 12.9. The number of imidazole rings is 1. The van der Waals surface area contributed by atoms with Gasteiger partial charge >= 0.3 is 0 Å². The maximum Gasteiger partial charge on any atom is 0.189 e. The molecule has 1 aliphatic heterocycles. The molecule has 1 atom stereocenters. The molecule has 0 spiro atoms. The van der Waals surface area contributed by atoms with Crippen LogP contribution in [0.1, 0.15) is 13.8 Å². The third-order valence-electron chi connectivity index (χ3n) is 2.92. The third-order valence-corrected chi connectivity index (χ3v) is 4.32. The Kier molecular flexibility index (Phi) is 2.78. The van der Waals surface area contributed by atoms with E-state index in [1.807, 2.05) is 10.9 Å². The number of nitrogens with one attached hydrogen (secondary N) is 1. The first-order chi connectivity index (χ1) is 8.63. The van der Waals surface area contributed by atoms with Crippen LogP contribution in [0, 0.1) is 11.7 Å². The van der Waals surface area contributed by atoms with E-state index in [1.54, 1.807) is 23.9 Å². The fourth-order valence-electron chi connectivity index (χ4n) is 1.86. The molecule has 0 aliphatic carbocycles. The van der Waals surface area contributed by atoms with E-state index in [1.165, 1.54) is 12.1 Å². The van der Waals surface area contributed by atoms with Crippen LogP contribution >= 0.6 is 11.8 Å². The zero-order chi connectivity index (χ0) is 12.7. The lowest BCUT2D eigenvalue weighted by Gasteiger charge is -2.13. The fraction of sp³-hybridized carbons (Fsp3) is 0.308. The van der Waals surface area contributed by atoms with E-state index < -0.39 is 0 Å². The standard InChI is InChI=1S/C13H14FN3S/c1-8(2)12-16-17-7-11(15-13(17)18-12)9-3-5-10(14)6-4-9/h3-8,12,16H,1-2H3. The van der Waals surface area contributed by atoms with Crippen molar-refractivity contribution in [3.05, 3.63) is 36.3 Å². The molecule has 0 radical (unpaired) electrons. The minimum Gasteiger partial charge on any atom is -0.310 e. The molecule has 18 heavy (non-hydrogen) atoms. The summed E-state index contributed by atoms with van der Waals surface area (Å²) in [7, 11) is 0. The van der Waals surface area contributed by atoms with Crippen molar-refractivity contribution in [3.8, 4) is 11.3 Å². The first-order valence-corrected chi connectivity index (χ1v) is 6.80. The second kappa shape index (κ2) is 4.31. The van der Waals surface area contributed by atoms with Gasteiger partial charge in [0.05, 0.1) is 17.3 Å². The van der Waals surface area contributed by atoms with Crippen LogP contribution in [0.5, 0.6) is 0 Å². The van der Waals surface area contributed by atoms with Gasteiger partial charge in [-0.2, -0.15) is 0 Å². The maximum absolute atomic E-state index is 12.9. The number of aromatic nitrogens is 2. The topological polar surface area (TPSA) is 29.9 Å². The molecule has 2 heterocycles. The van der Waals surface area contributed by atoms with Gasteiger partial charge in [0.2, 0.25) is 0 Å². The van der Waals surface area contributed by atoms with Gasteiger partial charge in [0.1, 0.15) is 5.82 Å². The summed E-state index contributed by atoms with van der Waals surface area (Å²) in [5.74, 6) is 0.323. The fourth-order valence-corrected chi connectivity index (χ4v) is 2.90. The lowest BCUT2D eigenvalue weighted by Crippen LogP contribution is -2.22. The average Bonchev–Trinajstić information content (AvgIpc) is 2.87. The van der Waals surface area contributed by atoms with Crippen LogP contribution in [-0.4, -0.2) is 15.0 Å². The highest BCUT2D eigenvalue weighted by Crippen LogP contribution is 2.34. The minimum absolute atomic E-state index is 0.224. The summed E-state index contributed by atoms with van der Waals surface area (Å²) in [5, 5.41) is 1.34.